The van der Waals surface area contributed by atoms with Crippen LogP contribution >= 0.6 is 11.8 Å². The van der Waals surface area contributed by atoms with Gasteiger partial charge in [-0.2, -0.15) is 11.8 Å². The fourth-order valence-corrected chi connectivity index (χ4v) is 4.36. The van der Waals surface area contributed by atoms with Gasteiger partial charge >= 0.3 is 0 Å². The number of thioether (sulfide) groups is 1. The van der Waals surface area contributed by atoms with Gasteiger partial charge in [0.25, 0.3) is 0 Å². The molecule has 0 aromatic carbocycles. The molecule has 0 saturated heterocycles. The van der Waals surface area contributed by atoms with Gasteiger partial charge in [-0.3, -0.25) is 4.90 Å². The maximum Gasteiger partial charge on any atom is 0.0336 e. The van der Waals surface area contributed by atoms with Crippen molar-refractivity contribution < 1.29 is 0 Å². The third-order valence-corrected chi connectivity index (χ3v) is 5.27. The molecule has 0 spiro atoms. The Kier molecular flexibility index (Phi) is 5.81. The average molecular weight is 258 g/mol. The Labute approximate surface area is 112 Å². The van der Waals surface area contributed by atoms with Crippen LogP contribution in [0.25, 0.3) is 0 Å². The molecule has 3 unspecified atom stereocenters. The van der Waals surface area contributed by atoms with Crippen molar-refractivity contribution >= 4 is 11.8 Å². The van der Waals surface area contributed by atoms with E-state index in [0.29, 0.717) is 6.04 Å². The van der Waals surface area contributed by atoms with E-state index in [1.807, 2.05) is 11.8 Å². The van der Waals surface area contributed by atoms with Crippen molar-refractivity contribution in [3.05, 3.63) is 0 Å². The van der Waals surface area contributed by atoms with Crippen LogP contribution in [0.2, 0.25) is 0 Å². The third-order valence-electron chi connectivity index (χ3n) is 4.46. The van der Waals surface area contributed by atoms with Crippen molar-refractivity contribution in [2.24, 2.45) is 17.6 Å². The predicted molar refractivity (Wildman–Crippen MR) is 79.6 cm³/mol. The lowest BCUT2D eigenvalue weighted by molar-refractivity contribution is 0.0197. The van der Waals surface area contributed by atoms with Crippen LogP contribution in [0.15, 0.2) is 0 Å². The standard InChI is InChI=1S/C14H30N2S/c1-11-6-12(2)8-14(7-11,10-15)16(4)13(3)9-17-5/h11-13H,6-10,15H2,1-5H3. The molecule has 102 valence electrons. The quantitative estimate of drug-likeness (QED) is 0.822. The Morgan fingerprint density at radius 3 is 2.29 bits per heavy atom. The summed E-state index contributed by atoms with van der Waals surface area (Å²) in [6, 6.07) is 0.617. The summed E-state index contributed by atoms with van der Waals surface area (Å²) in [7, 11) is 2.28. The first-order valence-corrected chi connectivity index (χ1v) is 8.26. The lowest BCUT2D eigenvalue weighted by atomic mass is 9.70. The summed E-state index contributed by atoms with van der Waals surface area (Å²) in [4.78, 5) is 2.57. The van der Waals surface area contributed by atoms with E-state index in [-0.39, 0.29) is 5.54 Å². The Bertz CT molecular complexity index is 222. The molecule has 1 rings (SSSR count). The molecule has 0 amide bonds. The van der Waals surface area contributed by atoms with E-state index in [1.165, 1.54) is 25.0 Å². The van der Waals surface area contributed by atoms with Gasteiger partial charge in [0, 0.05) is 23.9 Å². The second kappa shape index (κ2) is 6.44. The summed E-state index contributed by atoms with van der Waals surface area (Å²) in [5.74, 6) is 2.82. The van der Waals surface area contributed by atoms with E-state index in [2.05, 4.69) is 39.0 Å². The highest BCUT2D eigenvalue weighted by atomic mass is 32.2. The number of rotatable bonds is 5. The molecule has 3 heteroatoms. The first-order chi connectivity index (χ1) is 7.95. The second-order valence-electron chi connectivity index (χ2n) is 6.20. The maximum absolute atomic E-state index is 6.15. The first-order valence-electron chi connectivity index (χ1n) is 6.87. The van der Waals surface area contributed by atoms with Crippen LogP contribution in [0.5, 0.6) is 0 Å². The van der Waals surface area contributed by atoms with E-state index in [1.54, 1.807) is 0 Å². The zero-order chi connectivity index (χ0) is 13.1. The van der Waals surface area contributed by atoms with Crippen molar-refractivity contribution in [1.29, 1.82) is 0 Å². The van der Waals surface area contributed by atoms with E-state index in [4.69, 9.17) is 5.73 Å². The summed E-state index contributed by atoms with van der Waals surface area (Å²) in [5.41, 5.74) is 6.39. The molecule has 0 aromatic rings. The minimum atomic E-state index is 0.242. The summed E-state index contributed by atoms with van der Waals surface area (Å²) in [6.45, 7) is 7.90. The molecule has 0 radical (unpaired) electrons. The van der Waals surface area contributed by atoms with Crippen molar-refractivity contribution in [2.45, 2.75) is 51.6 Å². The van der Waals surface area contributed by atoms with Gasteiger partial charge in [-0.1, -0.05) is 13.8 Å². The molecule has 0 heterocycles. The van der Waals surface area contributed by atoms with Gasteiger partial charge in [0.1, 0.15) is 0 Å². The molecular weight excluding hydrogens is 228 g/mol. The molecule has 2 nitrogen and oxygen atoms in total. The zero-order valence-corrected chi connectivity index (χ0v) is 13.0. The molecule has 1 aliphatic rings. The molecule has 1 aliphatic carbocycles. The fourth-order valence-electron chi connectivity index (χ4n) is 3.65. The number of nitrogens with two attached hydrogens (primary N) is 1. The van der Waals surface area contributed by atoms with Crippen LogP contribution in [0.4, 0.5) is 0 Å². The van der Waals surface area contributed by atoms with E-state index in [0.717, 1.165) is 18.4 Å². The largest absolute Gasteiger partial charge is 0.329 e. The monoisotopic (exact) mass is 258 g/mol. The highest BCUT2D eigenvalue weighted by Gasteiger charge is 2.41. The van der Waals surface area contributed by atoms with Crippen LogP contribution in [0, 0.1) is 11.8 Å². The molecular formula is C14H30N2S. The van der Waals surface area contributed by atoms with Gasteiger partial charge in [-0.15, -0.1) is 0 Å². The molecule has 0 aromatic heterocycles. The van der Waals surface area contributed by atoms with Gasteiger partial charge in [0.15, 0.2) is 0 Å². The van der Waals surface area contributed by atoms with Crippen molar-refractivity contribution in [3.8, 4) is 0 Å². The smallest absolute Gasteiger partial charge is 0.0336 e. The van der Waals surface area contributed by atoms with E-state index in [9.17, 15) is 0 Å². The summed E-state index contributed by atoms with van der Waals surface area (Å²) in [6.07, 6.45) is 6.09. The second-order valence-corrected chi connectivity index (χ2v) is 7.11. The Balaban J connectivity index is 2.79. The molecule has 0 bridgehead atoms. The van der Waals surface area contributed by atoms with E-state index < -0.39 is 0 Å². The van der Waals surface area contributed by atoms with Gasteiger partial charge in [-0.05, 0) is 51.3 Å². The minimum absolute atomic E-state index is 0.242. The molecule has 17 heavy (non-hydrogen) atoms. The number of hydrogen-bond acceptors (Lipinski definition) is 3. The van der Waals surface area contributed by atoms with Crippen LogP contribution in [0.3, 0.4) is 0 Å². The lowest BCUT2D eigenvalue weighted by Gasteiger charge is -2.50. The summed E-state index contributed by atoms with van der Waals surface area (Å²) >= 11 is 1.93. The number of hydrogen-bond donors (Lipinski definition) is 1. The van der Waals surface area contributed by atoms with E-state index >= 15 is 0 Å². The molecule has 0 aliphatic heterocycles. The summed E-state index contributed by atoms with van der Waals surface area (Å²) < 4.78 is 0. The maximum atomic E-state index is 6.15. The predicted octanol–water partition coefficient (Wildman–Crippen LogP) is 2.82. The van der Waals surface area contributed by atoms with Gasteiger partial charge < -0.3 is 5.73 Å². The summed E-state index contributed by atoms with van der Waals surface area (Å²) in [5, 5.41) is 0. The first kappa shape index (κ1) is 15.3. The molecule has 3 atom stereocenters. The van der Waals surface area contributed by atoms with Crippen LogP contribution in [-0.2, 0) is 0 Å². The number of nitrogens with zero attached hydrogens (tertiary/aromatic N) is 1. The Morgan fingerprint density at radius 2 is 1.88 bits per heavy atom. The normalized spacial score (nSPS) is 36.2. The van der Waals surface area contributed by atoms with Crippen molar-refractivity contribution in [3.63, 3.8) is 0 Å². The SMILES string of the molecule is CSCC(C)N(C)C1(CN)CC(C)CC(C)C1. The molecule has 1 fully saturated rings. The van der Waals surface area contributed by atoms with Crippen LogP contribution in [0.1, 0.15) is 40.0 Å². The minimum Gasteiger partial charge on any atom is -0.329 e. The van der Waals surface area contributed by atoms with Crippen molar-refractivity contribution in [1.82, 2.24) is 4.90 Å². The molecule has 2 N–H and O–H groups in total. The van der Waals surface area contributed by atoms with Gasteiger partial charge in [-0.25, -0.2) is 0 Å². The van der Waals surface area contributed by atoms with Gasteiger partial charge in [0.05, 0.1) is 0 Å². The highest BCUT2D eigenvalue weighted by molar-refractivity contribution is 7.98. The topological polar surface area (TPSA) is 29.3 Å². The van der Waals surface area contributed by atoms with Gasteiger partial charge in [0.2, 0.25) is 0 Å². The van der Waals surface area contributed by atoms with Crippen molar-refractivity contribution in [2.75, 3.05) is 25.6 Å². The lowest BCUT2D eigenvalue weighted by Crippen LogP contribution is -2.59. The zero-order valence-electron chi connectivity index (χ0n) is 12.2. The highest BCUT2D eigenvalue weighted by Crippen LogP contribution is 2.39. The number of likely N-dealkylation sites (N-methyl/N-ethyl adjacent to an activating group) is 1. The fraction of sp³-hybridized carbons (Fsp3) is 1.00. The molecule has 1 saturated carbocycles. The average Bonchev–Trinajstić information content (AvgIpc) is 2.26. The van der Waals surface area contributed by atoms with Crippen LogP contribution in [-0.4, -0.2) is 42.1 Å². The third kappa shape index (κ3) is 3.62. The van der Waals surface area contributed by atoms with Crippen LogP contribution < -0.4 is 5.73 Å². The Hall–Kier alpha value is 0.270. The Morgan fingerprint density at radius 1 is 1.35 bits per heavy atom.